The molecule has 0 aliphatic heterocycles. The van der Waals surface area contributed by atoms with Gasteiger partial charge in [0.2, 0.25) is 11.8 Å². The zero-order valence-electron chi connectivity index (χ0n) is 13.6. The van der Waals surface area contributed by atoms with Crippen molar-refractivity contribution in [2.24, 2.45) is 11.1 Å². The molecule has 0 fully saturated rings. The van der Waals surface area contributed by atoms with Gasteiger partial charge in [-0.25, -0.2) is 0 Å². The van der Waals surface area contributed by atoms with Crippen LogP contribution in [-0.4, -0.2) is 24.9 Å². The van der Waals surface area contributed by atoms with Gasteiger partial charge in [0.1, 0.15) is 0 Å². The van der Waals surface area contributed by atoms with Crippen LogP contribution in [0, 0.1) is 12.3 Å². The molecule has 1 rings (SSSR count). The summed E-state index contributed by atoms with van der Waals surface area (Å²) in [5, 5.41) is 5.46. The van der Waals surface area contributed by atoms with E-state index in [-0.39, 0.29) is 48.8 Å². The van der Waals surface area contributed by atoms with Gasteiger partial charge in [-0.2, -0.15) is 0 Å². The number of hydrogen-bond donors (Lipinski definition) is 3. The summed E-state index contributed by atoms with van der Waals surface area (Å²) in [4.78, 5) is 23.1. The Bertz CT molecular complexity index is 512. The first kappa shape index (κ1) is 20.4. The Morgan fingerprint density at radius 1 is 1.23 bits per heavy atom. The van der Waals surface area contributed by atoms with E-state index in [1.165, 1.54) is 0 Å². The van der Waals surface area contributed by atoms with Gasteiger partial charge in [0.05, 0.1) is 19.1 Å². The molecular formula is C16H26ClN3O2. The molecule has 6 heteroatoms. The van der Waals surface area contributed by atoms with Crippen LogP contribution in [0.25, 0.3) is 0 Å². The number of aryl methyl sites for hydroxylation is 1. The molecule has 2 amide bonds. The van der Waals surface area contributed by atoms with E-state index in [0.29, 0.717) is 0 Å². The molecular weight excluding hydrogens is 302 g/mol. The smallest absolute Gasteiger partial charge is 0.239 e. The largest absolute Gasteiger partial charge is 0.347 e. The van der Waals surface area contributed by atoms with E-state index in [1.54, 1.807) is 0 Å². The second kappa shape index (κ2) is 8.76. The molecule has 1 aromatic rings. The number of rotatable bonds is 5. The fraction of sp³-hybridized carbons (Fsp3) is 0.500. The van der Waals surface area contributed by atoms with Crippen LogP contribution in [0.5, 0.6) is 0 Å². The van der Waals surface area contributed by atoms with Crippen LogP contribution in [0.4, 0.5) is 0 Å². The summed E-state index contributed by atoms with van der Waals surface area (Å²) in [5.41, 5.74) is 7.26. The average Bonchev–Trinajstić information content (AvgIpc) is 2.40. The summed E-state index contributed by atoms with van der Waals surface area (Å²) < 4.78 is 0. The Labute approximate surface area is 138 Å². The average molecular weight is 328 g/mol. The third kappa shape index (κ3) is 6.45. The van der Waals surface area contributed by atoms with Crippen LogP contribution in [0.1, 0.15) is 37.9 Å². The molecule has 124 valence electrons. The highest BCUT2D eigenvalue weighted by Gasteiger charge is 2.27. The first-order valence-corrected chi connectivity index (χ1v) is 7.06. The first-order valence-electron chi connectivity index (χ1n) is 7.06. The third-order valence-corrected chi connectivity index (χ3v) is 3.18. The van der Waals surface area contributed by atoms with Gasteiger partial charge in [-0.1, -0.05) is 50.6 Å². The van der Waals surface area contributed by atoms with Crippen molar-refractivity contribution in [3.63, 3.8) is 0 Å². The monoisotopic (exact) mass is 327 g/mol. The van der Waals surface area contributed by atoms with E-state index in [2.05, 4.69) is 37.5 Å². The summed E-state index contributed by atoms with van der Waals surface area (Å²) in [5.74, 6) is -0.564. The number of carbonyl (C=O) groups is 2. The van der Waals surface area contributed by atoms with Gasteiger partial charge in [0.25, 0.3) is 0 Å². The van der Waals surface area contributed by atoms with E-state index < -0.39 is 0 Å². The van der Waals surface area contributed by atoms with Crippen molar-refractivity contribution in [2.45, 2.75) is 33.7 Å². The van der Waals surface area contributed by atoms with Crippen molar-refractivity contribution in [1.82, 2.24) is 10.6 Å². The molecule has 1 aromatic carbocycles. The maximum absolute atomic E-state index is 12.0. The number of hydrogen-bond acceptors (Lipinski definition) is 3. The molecule has 0 bridgehead atoms. The summed E-state index contributed by atoms with van der Waals surface area (Å²) in [6, 6.07) is 7.94. The van der Waals surface area contributed by atoms with Crippen molar-refractivity contribution in [1.29, 1.82) is 0 Å². The zero-order chi connectivity index (χ0) is 16.0. The molecule has 5 nitrogen and oxygen atoms in total. The highest BCUT2D eigenvalue weighted by molar-refractivity contribution is 5.86. The number of benzene rings is 1. The van der Waals surface area contributed by atoms with Crippen LogP contribution < -0.4 is 16.4 Å². The molecule has 0 saturated carbocycles. The second-order valence-electron chi connectivity index (χ2n) is 6.26. The van der Waals surface area contributed by atoms with E-state index in [1.807, 2.05) is 25.1 Å². The number of carbonyl (C=O) groups excluding carboxylic acids is 2. The van der Waals surface area contributed by atoms with Crippen molar-refractivity contribution in [3.05, 3.63) is 35.4 Å². The van der Waals surface area contributed by atoms with Gasteiger partial charge in [-0.3, -0.25) is 9.59 Å². The number of amides is 2. The Morgan fingerprint density at radius 3 is 2.36 bits per heavy atom. The maximum Gasteiger partial charge on any atom is 0.239 e. The van der Waals surface area contributed by atoms with Gasteiger partial charge in [-0.05, 0) is 17.9 Å². The molecule has 0 aliphatic rings. The second-order valence-corrected chi connectivity index (χ2v) is 6.26. The molecule has 0 radical (unpaired) electrons. The third-order valence-electron chi connectivity index (χ3n) is 3.18. The molecule has 22 heavy (non-hydrogen) atoms. The lowest BCUT2D eigenvalue weighted by Gasteiger charge is -2.32. The van der Waals surface area contributed by atoms with Crippen LogP contribution in [0.15, 0.2) is 24.3 Å². The molecule has 0 saturated heterocycles. The Morgan fingerprint density at radius 2 is 1.86 bits per heavy atom. The van der Waals surface area contributed by atoms with Crippen molar-refractivity contribution < 1.29 is 9.59 Å². The highest BCUT2D eigenvalue weighted by atomic mass is 35.5. The van der Waals surface area contributed by atoms with E-state index in [0.717, 1.165) is 11.1 Å². The lowest BCUT2D eigenvalue weighted by atomic mass is 9.82. The van der Waals surface area contributed by atoms with Crippen LogP contribution in [-0.2, 0) is 9.59 Å². The van der Waals surface area contributed by atoms with Gasteiger partial charge in [0, 0.05) is 0 Å². The first-order chi connectivity index (χ1) is 9.74. The molecule has 0 heterocycles. The fourth-order valence-electron chi connectivity index (χ4n) is 2.11. The zero-order valence-corrected chi connectivity index (χ0v) is 14.4. The van der Waals surface area contributed by atoms with Crippen LogP contribution in [0.3, 0.4) is 0 Å². The number of nitrogens with two attached hydrogens (primary N) is 1. The minimum absolute atomic E-state index is 0. The molecule has 4 N–H and O–H groups in total. The predicted octanol–water partition coefficient (Wildman–Crippen LogP) is 1.70. The van der Waals surface area contributed by atoms with Gasteiger partial charge in [0.15, 0.2) is 0 Å². The SMILES string of the molecule is Cc1cccc(C(NC(=O)CNC(=O)CN)C(C)(C)C)c1.Cl. The summed E-state index contributed by atoms with van der Waals surface area (Å²) in [7, 11) is 0. The van der Waals surface area contributed by atoms with Crippen molar-refractivity contribution >= 4 is 24.2 Å². The predicted molar refractivity (Wildman–Crippen MR) is 90.8 cm³/mol. The molecule has 0 aliphatic carbocycles. The molecule has 1 atom stereocenters. The highest BCUT2D eigenvalue weighted by Crippen LogP contribution is 2.32. The Balaban J connectivity index is 0.00000441. The van der Waals surface area contributed by atoms with Crippen LogP contribution >= 0.6 is 12.4 Å². The van der Waals surface area contributed by atoms with Gasteiger partial charge in [-0.15, -0.1) is 12.4 Å². The fourth-order valence-corrected chi connectivity index (χ4v) is 2.11. The lowest BCUT2D eigenvalue weighted by molar-refractivity contribution is -0.126. The minimum atomic E-state index is -0.340. The van der Waals surface area contributed by atoms with Gasteiger partial charge < -0.3 is 16.4 Å². The standard InChI is InChI=1S/C16H25N3O2.ClH/c1-11-6-5-7-12(8-11)15(16(2,3)4)19-14(21)10-18-13(20)9-17;/h5-8,15H,9-10,17H2,1-4H3,(H,18,20)(H,19,21);1H. The van der Waals surface area contributed by atoms with E-state index >= 15 is 0 Å². The van der Waals surface area contributed by atoms with E-state index in [4.69, 9.17) is 5.73 Å². The normalized spacial score (nSPS) is 12.0. The maximum atomic E-state index is 12.0. The summed E-state index contributed by atoms with van der Waals surface area (Å²) >= 11 is 0. The lowest BCUT2D eigenvalue weighted by Crippen LogP contribution is -2.43. The molecule has 0 spiro atoms. The van der Waals surface area contributed by atoms with Crippen molar-refractivity contribution in [3.8, 4) is 0 Å². The molecule has 0 aromatic heterocycles. The topological polar surface area (TPSA) is 84.2 Å². The minimum Gasteiger partial charge on any atom is -0.347 e. The summed E-state index contributed by atoms with van der Waals surface area (Å²) in [6.07, 6.45) is 0. The quantitative estimate of drug-likeness (QED) is 0.769. The Hall–Kier alpha value is -1.59. The summed E-state index contributed by atoms with van der Waals surface area (Å²) in [6.45, 7) is 8.05. The van der Waals surface area contributed by atoms with Gasteiger partial charge >= 0.3 is 0 Å². The van der Waals surface area contributed by atoms with Crippen LogP contribution in [0.2, 0.25) is 0 Å². The van der Waals surface area contributed by atoms with Crippen molar-refractivity contribution in [2.75, 3.05) is 13.1 Å². The molecule has 1 unspecified atom stereocenters. The number of halogens is 1. The Kier molecular flexibility index (Phi) is 8.12. The number of nitrogens with one attached hydrogen (secondary N) is 2. The van der Waals surface area contributed by atoms with E-state index in [9.17, 15) is 9.59 Å².